The molecule has 5 nitrogen and oxygen atoms in total. The number of methoxy groups -OCH3 is 1. The first-order valence-corrected chi connectivity index (χ1v) is 6.25. The maximum atomic E-state index is 11.8. The first kappa shape index (κ1) is 14.4. The maximum absolute atomic E-state index is 11.8. The largest absolute Gasteiger partial charge is 0.385 e. The van der Waals surface area contributed by atoms with Crippen LogP contribution < -0.4 is 10.6 Å². The molecule has 0 aliphatic heterocycles. The molecule has 0 unspecified atom stereocenters. The molecular formula is C13H21N3O2. The summed E-state index contributed by atoms with van der Waals surface area (Å²) in [5.74, 6) is -0.132. The minimum absolute atomic E-state index is 0.132. The molecule has 0 aliphatic rings. The van der Waals surface area contributed by atoms with Crippen molar-refractivity contribution >= 4 is 11.6 Å². The second kappa shape index (κ2) is 8.47. The van der Waals surface area contributed by atoms with Gasteiger partial charge in [0.2, 0.25) is 0 Å². The summed E-state index contributed by atoms with van der Waals surface area (Å²) in [7, 11) is 1.68. The fraction of sp³-hybridized carbons (Fsp3) is 0.538. The molecule has 0 saturated heterocycles. The number of nitrogens with one attached hydrogen (secondary N) is 2. The van der Waals surface area contributed by atoms with Crippen molar-refractivity contribution < 1.29 is 9.53 Å². The van der Waals surface area contributed by atoms with E-state index in [0.717, 1.165) is 31.7 Å². The van der Waals surface area contributed by atoms with E-state index in [4.69, 9.17) is 4.74 Å². The van der Waals surface area contributed by atoms with Crippen LogP contribution >= 0.6 is 0 Å². The molecule has 18 heavy (non-hydrogen) atoms. The van der Waals surface area contributed by atoms with E-state index in [0.29, 0.717) is 12.2 Å². The second-order valence-electron chi connectivity index (χ2n) is 3.92. The van der Waals surface area contributed by atoms with E-state index in [9.17, 15) is 4.79 Å². The summed E-state index contributed by atoms with van der Waals surface area (Å²) in [6, 6.07) is 3.60. The van der Waals surface area contributed by atoms with Crippen LogP contribution in [0.5, 0.6) is 0 Å². The maximum Gasteiger partial charge on any atom is 0.269 e. The van der Waals surface area contributed by atoms with Gasteiger partial charge < -0.3 is 15.4 Å². The predicted molar refractivity (Wildman–Crippen MR) is 71.8 cm³/mol. The number of amides is 1. The minimum Gasteiger partial charge on any atom is -0.385 e. The number of carbonyl (C=O) groups excluding carboxylic acids is 1. The Morgan fingerprint density at radius 1 is 1.44 bits per heavy atom. The van der Waals surface area contributed by atoms with Crippen LogP contribution in [0.15, 0.2) is 18.3 Å². The van der Waals surface area contributed by atoms with Gasteiger partial charge in [0.1, 0.15) is 5.69 Å². The molecule has 1 heterocycles. The Kier molecular flexibility index (Phi) is 6.79. The van der Waals surface area contributed by atoms with E-state index in [2.05, 4.69) is 15.6 Å². The van der Waals surface area contributed by atoms with Crippen LogP contribution in [-0.2, 0) is 4.74 Å². The summed E-state index contributed by atoms with van der Waals surface area (Å²) in [5.41, 5.74) is 1.36. The Morgan fingerprint density at radius 2 is 2.28 bits per heavy atom. The Hall–Kier alpha value is -1.62. The van der Waals surface area contributed by atoms with Gasteiger partial charge in [-0.2, -0.15) is 0 Å². The summed E-state index contributed by atoms with van der Waals surface area (Å²) in [6.45, 7) is 4.21. The van der Waals surface area contributed by atoms with Crippen LogP contribution in [0.3, 0.4) is 0 Å². The molecule has 100 valence electrons. The predicted octanol–water partition coefficient (Wildman–Crippen LogP) is 1.67. The number of pyridine rings is 1. The molecule has 0 fully saturated rings. The quantitative estimate of drug-likeness (QED) is 0.690. The first-order chi connectivity index (χ1) is 8.77. The summed E-state index contributed by atoms with van der Waals surface area (Å²) in [4.78, 5) is 15.9. The third-order valence-electron chi connectivity index (χ3n) is 2.43. The normalized spacial score (nSPS) is 10.1. The Balaban J connectivity index is 2.38. The van der Waals surface area contributed by atoms with E-state index in [-0.39, 0.29) is 5.91 Å². The number of hydrogen-bond acceptors (Lipinski definition) is 4. The van der Waals surface area contributed by atoms with Crippen LogP contribution in [0.4, 0.5) is 5.69 Å². The molecule has 1 rings (SSSR count). The van der Waals surface area contributed by atoms with Crippen molar-refractivity contribution in [3.05, 3.63) is 24.0 Å². The minimum atomic E-state index is -0.132. The molecule has 0 saturated carbocycles. The van der Waals surface area contributed by atoms with Gasteiger partial charge in [-0.3, -0.25) is 9.78 Å². The van der Waals surface area contributed by atoms with Gasteiger partial charge >= 0.3 is 0 Å². The van der Waals surface area contributed by atoms with Crippen molar-refractivity contribution in [2.75, 3.05) is 32.1 Å². The highest BCUT2D eigenvalue weighted by atomic mass is 16.5. The molecule has 0 aromatic carbocycles. The lowest BCUT2D eigenvalue weighted by Crippen LogP contribution is -2.25. The fourth-order valence-corrected chi connectivity index (χ4v) is 1.53. The van der Waals surface area contributed by atoms with Crippen molar-refractivity contribution in [1.82, 2.24) is 10.3 Å². The van der Waals surface area contributed by atoms with Crippen molar-refractivity contribution in [3.63, 3.8) is 0 Å². The number of unbranched alkanes of at least 4 members (excludes halogenated alkanes) is 1. The van der Waals surface area contributed by atoms with Crippen LogP contribution in [0, 0.1) is 0 Å². The number of nitrogens with zero attached hydrogens (tertiary/aromatic N) is 1. The number of carbonyl (C=O) groups is 1. The van der Waals surface area contributed by atoms with Gasteiger partial charge in [-0.25, -0.2) is 0 Å². The molecule has 0 aliphatic carbocycles. The second-order valence-corrected chi connectivity index (χ2v) is 3.92. The molecule has 1 aromatic rings. The highest BCUT2D eigenvalue weighted by Crippen LogP contribution is 2.07. The Bertz CT molecular complexity index is 369. The third kappa shape index (κ3) is 5.14. The summed E-state index contributed by atoms with van der Waals surface area (Å²) in [5, 5.41) is 5.99. The monoisotopic (exact) mass is 251 g/mol. The van der Waals surface area contributed by atoms with Gasteiger partial charge in [-0.15, -0.1) is 0 Å². The van der Waals surface area contributed by atoms with Gasteiger partial charge in [0.05, 0.1) is 0 Å². The number of rotatable bonds is 8. The SMILES string of the molecule is CCNc1ccnc(C(=O)NCCCCOC)c1. The first-order valence-electron chi connectivity index (χ1n) is 6.25. The molecule has 0 spiro atoms. The van der Waals surface area contributed by atoms with Crippen molar-refractivity contribution in [2.45, 2.75) is 19.8 Å². The zero-order chi connectivity index (χ0) is 13.2. The molecular weight excluding hydrogens is 230 g/mol. The molecule has 5 heteroatoms. The van der Waals surface area contributed by atoms with Crippen LogP contribution in [0.25, 0.3) is 0 Å². The summed E-state index contributed by atoms with van der Waals surface area (Å²) in [6.07, 6.45) is 3.49. The highest BCUT2D eigenvalue weighted by Gasteiger charge is 2.06. The third-order valence-corrected chi connectivity index (χ3v) is 2.43. The van der Waals surface area contributed by atoms with Gasteiger partial charge in [-0.1, -0.05) is 0 Å². The smallest absolute Gasteiger partial charge is 0.269 e. The lowest BCUT2D eigenvalue weighted by Gasteiger charge is -2.07. The number of anilines is 1. The number of hydrogen-bond donors (Lipinski definition) is 2. The standard InChI is InChI=1S/C13H21N3O2/c1-3-14-11-6-8-15-12(10-11)13(17)16-7-4-5-9-18-2/h6,8,10H,3-5,7,9H2,1-2H3,(H,14,15)(H,16,17). The van der Waals surface area contributed by atoms with E-state index in [1.54, 1.807) is 19.4 Å². The molecule has 2 N–H and O–H groups in total. The van der Waals surface area contributed by atoms with Gasteiger partial charge in [0.25, 0.3) is 5.91 Å². The fourth-order valence-electron chi connectivity index (χ4n) is 1.53. The molecule has 0 radical (unpaired) electrons. The molecule has 1 aromatic heterocycles. The van der Waals surface area contributed by atoms with Crippen molar-refractivity contribution in [2.24, 2.45) is 0 Å². The van der Waals surface area contributed by atoms with E-state index in [1.165, 1.54) is 0 Å². The lowest BCUT2D eigenvalue weighted by atomic mass is 10.3. The van der Waals surface area contributed by atoms with Crippen LogP contribution in [-0.4, -0.2) is 37.7 Å². The topological polar surface area (TPSA) is 63.2 Å². The van der Waals surface area contributed by atoms with Gasteiger partial charge in [-0.05, 0) is 31.9 Å². The average molecular weight is 251 g/mol. The van der Waals surface area contributed by atoms with Crippen LogP contribution in [0.1, 0.15) is 30.3 Å². The van der Waals surface area contributed by atoms with E-state index < -0.39 is 0 Å². The zero-order valence-electron chi connectivity index (χ0n) is 11.0. The number of ether oxygens (including phenoxy) is 1. The average Bonchev–Trinajstić information content (AvgIpc) is 2.39. The molecule has 1 amide bonds. The molecule has 0 bridgehead atoms. The van der Waals surface area contributed by atoms with Crippen LogP contribution in [0.2, 0.25) is 0 Å². The molecule has 0 atom stereocenters. The Labute approximate surface area is 108 Å². The van der Waals surface area contributed by atoms with E-state index >= 15 is 0 Å². The lowest BCUT2D eigenvalue weighted by molar-refractivity contribution is 0.0946. The zero-order valence-corrected chi connectivity index (χ0v) is 11.0. The van der Waals surface area contributed by atoms with E-state index in [1.807, 2.05) is 13.0 Å². The highest BCUT2D eigenvalue weighted by molar-refractivity contribution is 5.93. The Morgan fingerprint density at radius 3 is 3.00 bits per heavy atom. The van der Waals surface area contributed by atoms with Gasteiger partial charge in [0.15, 0.2) is 0 Å². The van der Waals surface area contributed by atoms with Crippen molar-refractivity contribution in [1.29, 1.82) is 0 Å². The van der Waals surface area contributed by atoms with Crippen molar-refractivity contribution in [3.8, 4) is 0 Å². The summed E-state index contributed by atoms with van der Waals surface area (Å²) < 4.78 is 4.94. The number of aromatic nitrogens is 1. The summed E-state index contributed by atoms with van der Waals surface area (Å²) >= 11 is 0. The van der Waals surface area contributed by atoms with Gasteiger partial charge in [0, 0.05) is 38.7 Å².